The third-order valence-electron chi connectivity index (χ3n) is 3.26. The quantitative estimate of drug-likeness (QED) is 0.644. The lowest BCUT2D eigenvalue weighted by atomic mass is 10.0. The summed E-state index contributed by atoms with van der Waals surface area (Å²) in [5.41, 5.74) is 3.32. The van der Waals surface area contributed by atoms with Crippen molar-refractivity contribution in [1.29, 1.82) is 0 Å². The molecule has 0 N–H and O–H groups in total. The lowest BCUT2D eigenvalue weighted by Crippen LogP contribution is -2.00. The van der Waals surface area contributed by atoms with E-state index in [0.29, 0.717) is 12.5 Å². The topological polar surface area (TPSA) is 9.23 Å². The Balaban J connectivity index is 2.21. The average Bonchev–Trinajstić information content (AvgIpc) is 2.39. The Kier molecular flexibility index (Phi) is 5.11. The fourth-order valence-electron chi connectivity index (χ4n) is 2.04. The second-order valence-corrected chi connectivity index (χ2v) is 6.44. The van der Waals surface area contributed by atoms with Gasteiger partial charge in [0.25, 0.3) is 0 Å². The molecule has 0 radical (unpaired) electrons. The second-order valence-electron chi connectivity index (χ2n) is 5.17. The van der Waals surface area contributed by atoms with Crippen LogP contribution in [0.4, 0.5) is 0 Å². The van der Waals surface area contributed by atoms with E-state index < -0.39 is 0 Å². The Labute approximate surface area is 134 Å². The Morgan fingerprint density at radius 3 is 2.55 bits per heavy atom. The van der Waals surface area contributed by atoms with Crippen molar-refractivity contribution in [3.05, 3.63) is 62.6 Å². The lowest BCUT2D eigenvalue weighted by Gasteiger charge is -2.15. The highest BCUT2D eigenvalue weighted by atomic mass is 79.9. The Hall–Kier alpha value is -0.990. The van der Waals surface area contributed by atoms with Gasteiger partial charge in [0.1, 0.15) is 12.4 Å². The molecule has 0 heterocycles. The van der Waals surface area contributed by atoms with E-state index in [9.17, 15) is 0 Å². The summed E-state index contributed by atoms with van der Waals surface area (Å²) < 4.78 is 7.03. The maximum atomic E-state index is 6.28. The smallest absolute Gasteiger partial charge is 0.123 e. The average molecular weight is 354 g/mol. The van der Waals surface area contributed by atoms with Crippen molar-refractivity contribution in [1.82, 2.24) is 0 Å². The van der Waals surface area contributed by atoms with Crippen LogP contribution in [0.25, 0.3) is 0 Å². The van der Waals surface area contributed by atoms with E-state index in [1.807, 2.05) is 31.2 Å². The molecule has 20 heavy (non-hydrogen) atoms. The van der Waals surface area contributed by atoms with Crippen LogP contribution >= 0.6 is 27.5 Å². The number of ether oxygens (including phenoxy) is 1. The van der Waals surface area contributed by atoms with Crippen LogP contribution in [-0.4, -0.2) is 0 Å². The molecule has 0 saturated heterocycles. The van der Waals surface area contributed by atoms with E-state index in [-0.39, 0.29) is 0 Å². The molecule has 0 saturated carbocycles. The third-order valence-corrected chi connectivity index (χ3v) is 4.36. The second kappa shape index (κ2) is 6.64. The van der Waals surface area contributed by atoms with Crippen LogP contribution < -0.4 is 4.74 Å². The first-order chi connectivity index (χ1) is 9.49. The number of rotatable bonds is 4. The zero-order valence-electron chi connectivity index (χ0n) is 11.9. The number of halogens is 2. The fraction of sp³-hybridized carbons (Fsp3) is 0.294. The normalized spacial score (nSPS) is 10.9. The van der Waals surface area contributed by atoms with Crippen molar-refractivity contribution < 1.29 is 4.74 Å². The van der Waals surface area contributed by atoms with Gasteiger partial charge in [0.15, 0.2) is 0 Å². The SMILES string of the molecule is Cc1cc(Cl)c(C(C)C)cc1OCc1ccccc1Br. The molecule has 0 aromatic heterocycles. The molecular weight excluding hydrogens is 336 g/mol. The number of benzene rings is 2. The predicted molar refractivity (Wildman–Crippen MR) is 88.8 cm³/mol. The summed E-state index contributed by atoms with van der Waals surface area (Å²) in [6.45, 7) is 6.83. The van der Waals surface area contributed by atoms with Gasteiger partial charge in [-0.3, -0.25) is 0 Å². The van der Waals surface area contributed by atoms with Gasteiger partial charge in [-0.25, -0.2) is 0 Å². The summed E-state index contributed by atoms with van der Waals surface area (Å²) in [6.07, 6.45) is 0. The van der Waals surface area contributed by atoms with Gasteiger partial charge in [-0.05, 0) is 42.2 Å². The first-order valence-corrected chi connectivity index (χ1v) is 7.82. The van der Waals surface area contributed by atoms with Crippen molar-refractivity contribution >= 4 is 27.5 Å². The highest BCUT2D eigenvalue weighted by Crippen LogP contribution is 2.32. The molecule has 1 nitrogen and oxygen atoms in total. The van der Waals surface area contributed by atoms with E-state index >= 15 is 0 Å². The molecule has 0 atom stereocenters. The predicted octanol–water partition coefficient (Wildman–Crippen LogP) is 6.11. The summed E-state index contributed by atoms with van der Waals surface area (Å²) in [4.78, 5) is 0. The highest BCUT2D eigenvalue weighted by molar-refractivity contribution is 9.10. The molecular formula is C17H18BrClO. The van der Waals surface area contributed by atoms with E-state index in [2.05, 4.69) is 41.9 Å². The first kappa shape index (κ1) is 15.4. The van der Waals surface area contributed by atoms with Gasteiger partial charge < -0.3 is 4.74 Å². The summed E-state index contributed by atoms with van der Waals surface area (Å²) >= 11 is 9.81. The van der Waals surface area contributed by atoms with Gasteiger partial charge in [0, 0.05) is 15.1 Å². The van der Waals surface area contributed by atoms with Crippen molar-refractivity contribution in [2.24, 2.45) is 0 Å². The van der Waals surface area contributed by atoms with Crippen molar-refractivity contribution in [2.75, 3.05) is 0 Å². The fourth-order valence-corrected chi connectivity index (χ4v) is 2.87. The van der Waals surface area contributed by atoms with Crippen molar-refractivity contribution in [2.45, 2.75) is 33.3 Å². The molecule has 0 amide bonds. The van der Waals surface area contributed by atoms with Crippen LogP contribution in [0.15, 0.2) is 40.9 Å². The molecule has 0 fully saturated rings. The summed E-state index contributed by atoms with van der Waals surface area (Å²) in [6, 6.07) is 12.1. The Morgan fingerprint density at radius 1 is 1.20 bits per heavy atom. The number of aryl methyl sites for hydroxylation is 1. The molecule has 0 bridgehead atoms. The Morgan fingerprint density at radius 2 is 1.90 bits per heavy atom. The van der Waals surface area contributed by atoms with E-state index in [0.717, 1.165) is 31.9 Å². The molecule has 0 aliphatic carbocycles. The van der Waals surface area contributed by atoms with E-state index in [1.165, 1.54) is 0 Å². The van der Waals surface area contributed by atoms with Gasteiger partial charge in [-0.15, -0.1) is 0 Å². The van der Waals surface area contributed by atoms with Gasteiger partial charge >= 0.3 is 0 Å². The maximum absolute atomic E-state index is 6.28. The van der Waals surface area contributed by atoms with Crippen LogP contribution in [-0.2, 0) is 6.61 Å². The summed E-state index contributed by atoms with van der Waals surface area (Å²) in [7, 11) is 0. The third kappa shape index (κ3) is 3.56. The minimum Gasteiger partial charge on any atom is -0.489 e. The number of hydrogen-bond acceptors (Lipinski definition) is 1. The molecule has 0 unspecified atom stereocenters. The molecule has 106 valence electrons. The molecule has 0 aliphatic heterocycles. The minimum absolute atomic E-state index is 0.383. The van der Waals surface area contributed by atoms with Gasteiger partial charge in [0.05, 0.1) is 0 Å². The zero-order valence-corrected chi connectivity index (χ0v) is 14.3. The van der Waals surface area contributed by atoms with Gasteiger partial charge in [0.2, 0.25) is 0 Å². The lowest BCUT2D eigenvalue weighted by molar-refractivity contribution is 0.303. The molecule has 0 aliphatic rings. The Bertz CT molecular complexity index is 608. The van der Waals surface area contributed by atoms with Gasteiger partial charge in [-0.1, -0.05) is 59.6 Å². The van der Waals surface area contributed by atoms with E-state index in [4.69, 9.17) is 16.3 Å². The van der Waals surface area contributed by atoms with E-state index in [1.54, 1.807) is 0 Å². The summed E-state index contributed by atoms with van der Waals surface area (Å²) in [5, 5.41) is 0.811. The molecule has 2 rings (SSSR count). The van der Waals surface area contributed by atoms with Gasteiger partial charge in [-0.2, -0.15) is 0 Å². The van der Waals surface area contributed by atoms with Crippen LogP contribution in [0.1, 0.15) is 36.5 Å². The largest absolute Gasteiger partial charge is 0.489 e. The van der Waals surface area contributed by atoms with Crippen LogP contribution in [0, 0.1) is 6.92 Å². The standard InChI is InChI=1S/C17H18BrClO/c1-11(2)14-9-17(12(3)8-16(14)19)20-10-13-6-4-5-7-15(13)18/h4-9,11H,10H2,1-3H3. The summed E-state index contributed by atoms with van der Waals surface area (Å²) in [5.74, 6) is 1.28. The molecule has 2 aromatic carbocycles. The van der Waals surface area contributed by atoms with Crippen LogP contribution in [0.3, 0.4) is 0 Å². The minimum atomic E-state index is 0.383. The maximum Gasteiger partial charge on any atom is 0.123 e. The monoisotopic (exact) mass is 352 g/mol. The molecule has 3 heteroatoms. The van der Waals surface area contributed by atoms with Crippen molar-refractivity contribution in [3.63, 3.8) is 0 Å². The molecule has 0 spiro atoms. The first-order valence-electron chi connectivity index (χ1n) is 6.65. The highest BCUT2D eigenvalue weighted by Gasteiger charge is 2.10. The zero-order chi connectivity index (χ0) is 14.7. The molecule has 2 aromatic rings. The van der Waals surface area contributed by atoms with Crippen molar-refractivity contribution in [3.8, 4) is 5.75 Å². The van der Waals surface area contributed by atoms with Crippen LogP contribution in [0.5, 0.6) is 5.75 Å². The number of hydrogen-bond donors (Lipinski definition) is 0. The van der Waals surface area contributed by atoms with Crippen LogP contribution in [0.2, 0.25) is 5.02 Å².